The van der Waals surface area contributed by atoms with E-state index in [1.807, 2.05) is 0 Å². The molecule has 0 saturated carbocycles. The van der Waals surface area contributed by atoms with Crippen LogP contribution in [0.3, 0.4) is 0 Å². The van der Waals surface area contributed by atoms with Crippen LogP contribution in [0.4, 0.5) is 5.69 Å². The Labute approximate surface area is 119 Å². The topological polar surface area (TPSA) is 99.5 Å². The van der Waals surface area contributed by atoms with Crippen LogP contribution >= 0.6 is 0 Å². The lowest BCUT2D eigenvalue weighted by Crippen LogP contribution is -2.13. The Morgan fingerprint density at radius 3 is 2.95 bits per heavy atom. The average molecular weight is 284 g/mol. The van der Waals surface area contributed by atoms with Gasteiger partial charge in [0.2, 0.25) is 0 Å². The molecule has 0 aromatic carbocycles. The maximum absolute atomic E-state index is 12.3. The van der Waals surface area contributed by atoms with Crippen molar-refractivity contribution in [2.75, 3.05) is 5.32 Å². The van der Waals surface area contributed by atoms with E-state index in [1.165, 1.54) is 12.4 Å². The highest BCUT2D eigenvalue weighted by Crippen LogP contribution is 2.20. The molecule has 7 nitrogen and oxygen atoms in total. The van der Waals surface area contributed by atoms with Gasteiger partial charge >= 0.3 is 5.97 Å². The predicted molar refractivity (Wildman–Crippen MR) is 75.6 cm³/mol. The van der Waals surface area contributed by atoms with Crippen molar-refractivity contribution in [2.24, 2.45) is 0 Å². The molecule has 3 N–H and O–H groups in total. The van der Waals surface area contributed by atoms with Crippen molar-refractivity contribution in [3.63, 3.8) is 0 Å². The van der Waals surface area contributed by atoms with Crippen molar-refractivity contribution in [1.82, 2.24) is 14.6 Å². The van der Waals surface area contributed by atoms with Crippen molar-refractivity contribution in [1.29, 1.82) is 0 Å². The highest BCUT2D eigenvalue weighted by atomic mass is 16.4. The van der Waals surface area contributed by atoms with Crippen LogP contribution in [0.1, 0.15) is 26.4 Å². The van der Waals surface area contributed by atoms with Gasteiger partial charge in [0.1, 0.15) is 5.56 Å². The van der Waals surface area contributed by atoms with Crippen molar-refractivity contribution in [3.8, 4) is 0 Å². The molecule has 3 aromatic rings. The second-order valence-corrected chi connectivity index (χ2v) is 4.55. The first kappa shape index (κ1) is 12.9. The maximum Gasteiger partial charge on any atom is 0.339 e. The van der Waals surface area contributed by atoms with Gasteiger partial charge in [-0.3, -0.25) is 4.79 Å². The molecule has 1 amide bonds. The fraction of sp³-hybridized carbons (Fsp3) is 0.0714. The maximum atomic E-state index is 12.3. The third-order valence-electron chi connectivity index (χ3n) is 3.21. The average Bonchev–Trinajstić information content (AvgIpc) is 3.02. The summed E-state index contributed by atoms with van der Waals surface area (Å²) in [4.78, 5) is 26.3. The number of carbonyl (C=O) groups is 2. The fourth-order valence-electron chi connectivity index (χ4n) is 2.20. The number of anilines is 1. The zero-order valence-electron chi connectivity index (χ0n) is 11.1. The van der Waals surface area contributed by atoms with E-state index in [9.17, 15) is 9.59 Å². The summed E-state index contributed by atoms with van der Waals surface area (Å²) in [6.45, 7) is 1.63. The molecule has 0 saturated heterocycles. The zero-order valence-corrected chi connectivity index (χ0v) is 11.1. The van der Waals surface area contributed by atoms with E-state index in [0.29, 0.717) is 16.8 Å². The number of hydrogen-bond acceptors (Lipinski definition) is 3. The predicted octanol–water partition coefficient (Wildman–Crippen LogP) is 1.92. The van der Waals surface area contributed by atoms with Gasteiger partial charge in [0, 0.05) is 18.1 Å². The Bertz CT molecular complexity index is 847. The molecular weight excluding hydrogens is 272 g/mol. The lowest BCUT2D eigenvalue weighted by atomic mass is 10.2. The number of aromatic carboxylic acids is 1. The van der Waals surface area contributed by atoms with Crippen LogP contribution in [0.5, 0.6) is 0 Å². The number of amides is 1. The summed E-state index contributed by atoms with van der Waals surface area (Å²) >= 11 is 0. The number of hydrogen-bond donors (Lipinski definition) is 3. The van der Waals surface area contributed by atoms with E-state index in [1.54, 1.807) is 35.8 Å². The van der Waals surface area contributed by atoms with Crippen LogP contribution in [0.15, 0.2) is 36.8 Å². The molecule has 0 unspecified atom stereocenters. The molecule has 0 fully saturated rings. The second kappa shape index (κ2) is 4.78. The van der Waals surface area contributed by atoms with Crippen LogP contribution in [0, 0.1) is 6.92 Å². The number of aromatic nitrogens is 3. The first-order valence-corrected chi connectivity index (χ1v) is 6.23. The first-order chi connectivity index (χ1) is 10.1. The third-order valence-corrected chi connectivity index (χ3v) is 3.21. The number of fused-ring (bicyclic) bond motifs is 1. The Morgan fingerprint density at radius 1 is 1.38 bits per heavy atom. The number of carbonyl (C=O) groups excluding carboxylic acids is 1. The van der Waals surface area contributed by atoms with Gasteiger partial charge in [-0.15, -0.1) is 0 Å². The Kier molecular flexibility index (Phi) is 2.94. The quantitative estimate of drug-likeness (QED) is 0.684. The second-order valence-electron chi connectivity index (χ2n) is 4.55. The summed E-state index contributed by atoms with van der Waals surface area (Å²) in [5.74, 6) is -1.50. The molecule has 3 heterocycles. The molecule has 0 radical (unpaired) electrons. The number of rotatable bonds is 3. The van der Waals surface area contributed by atoms with Crippen molar-refractivity contribution in [3.05, 3.63) is 53.6 Å². The number of nitrogens with zero attached hydrogens (tertiary/aromatic N) is 2. The van der Waals surface area contributed by atoms with E-state index in [-0.39, 0.29) is 11.3 Å². The van der Waals surface area contributed by atoms with Crippen LogP contribution < -0.4 is 5.32 Å². The lowest BCUT2D eigenvalue weighted by molar-refractivity contribution is 0.0697. The molecule has 21 heavy (non-hydrogen) atoms. The molecule has 106 valence electrons. The Hall–Kier alpha value is -3.09. The molecule has 7 heteroatoms. The molecular formula is C14H12N4O3. The summed E-state index contributed by atoms with van der Waals surface area (Å²) in [6, 6.07) is 5.37. The minimum Gasteiger partial charge on any atom is -0.478 e. The molecule has 0 bridgehead atoms. The van der Waals surface area contributed by atoms with E-state index in [2.05, 4.69) is 15.4 Å². The SMILES string of the molecule is Cc1[nH]cc(NC(=O)c2cnn3ccccc23)c1C(=O)O. The highest BCUT2D eigenvalue weighted by molar-refractivity contribution is 6.11. The van der Waals surface area contributed by atoms with Gasteiger partial charge in [-0.25, -0.2) is 9.31 Å². The first-order valence-electron chi connectivity index (χ1n) is 6.23. The standard InChI is InChI=1S/C14H12N4O3/c1-8-12(14(20)21)10(7-15-8)17-13(19)9-6-16-18-5-3-2-4-11(9)18/h2-7,15H,1H3,(H,17,19)(H,20,21). The normalized spacial score (nSPS) is 10.7. The van der Waals surface area contributed by atoms with Crippen molar-refractivity contribution >= 4 is 23.1 Å². The van der Waals surface area contributed by atoms with Gasteiger partial charge in [0.15, 0.2) is 0 Å². The number of carboxylic acid groups (broad SMARTS) is 1. The third kappa shape index (κ3) is 2.14. The summed E-state index contributed by atoms with van der Waals surface area (Å²) < 4.78 is 1.58. The molecule has 3 aromatic heterocycles. The molecule has 0 aliphatic heterocycles. The van der Waals surface area contributed by atoms with Crippen LogP contribution in [0.2, 0.25) is 0 Å². The van der Waals surface area contributed by atoms with E-state index < -0.39 is 11.9 Å². The zero-order chi connectivity index (χ0) is 15.0. The Morgan fingerprint density at radius 2 is 2.19 bits per heavy atom. The van der Waals surface area contributed by atoms with Crippen molar-refractivity contribution < 1.29 is 14.7 Å². The van der Waals surface area contributed by atoms with E-state index in [4.69, 9.17) is 5.11 Å². The minimum atomic E-state index is -1.09. The highest BCUT2D eigenvalue weighted by Gasteiger charge is 2.19. The van der Waals surface area contributed by atoms with Gasteiger partial charge in [-0.1, -0.05) is 6.07 Å². The number of aryl methyl sites for hydroxylation is 1. The van der Waals surface area contributed by atoms with Crippen molar-refractivity contribution in [2.45, 2.75) is 6.92 Å². The van der Waals surface area contributed by atoms with Crippen LogP contribution in [-0.2, 0) is 0 Å². The van der Waals surface area contributed by atoms with Crippen LogP contribution in [0.25, 0.3) is 5.52 Å². The molecule has 0 aliphatic rings. The lowest BCUT2D eigenvalue weighted by Gasteiger charge is -2.03. The molecule has 0 atom stereocenters. The summed E-state index contributed by atoms with van der Waals surface area (Å²) in [7, 11) is 0. The van der Waals surface area contributed by atoms with Crippen LogP contribution in [-0.4, -0.2) is 31.6 Å². The van der Waals surface area contributed by atoms with E-state index >= 15 is 0 Å². The summed E-state index contributed by atoms with van der Waals surface area (Å²) in [5.41, 5.74) is 1.81. The monoisotopic (exact) mass is 284 g/mol. The number of nitrogens with one attached hydrogen (secondary N) is 2. The molecule has 0 aliphatic carbocycles. The summed E-state index contributed by atoms with van der Waals surface area (Å²) in [5, 5.41) is 15.8. The number of aromatic amines is 1. The largest absolute Gasteiger partial charge is 0.478 e. The van der Waals surface area contributed by atoms with Gasteiger partial charge in [-0.05, 0) is 19.1 Å². The smallest absolute Gasteiger partial charge is 0.339 e. The number of carboxylic acids is 1. The van der Waals surface area contributed by atoms with Gasteiger partial charge in [-0.2, -0.15) is 5.10 Å². The summed E-state index contributed by atoms with van der Waals surface area (Å²) in [6.07, 6.45) is 4.64. The molecule has 0 spiro atoms. The van der Waals surface area contributed by atoms with E-state index in [0.717, 1.165) is 0 Å². The Balaban J connectivity index is 1.96. The number of pyridine rings is 1. The van der Waals surface area contributed by atoms with Gasteiger partial charge in [0.25, 0.3) is 5.91 Å². The van der Waals surface area contributed by atoms with Gasteiger partial charge < -0.3 is 15.4 Å². The number of H-pyrrole nitrogens is 1. The minimum absolute atomic E-state index is 0.0554. The van der Waals surface area contributed by atoms with Gasteiger partial charge in [0.05, 0.1) is 23.0 Å². The molecule has 3 rings (SSSR count). The fourth-order valence-corrected chi connectivity index (χ4v) is 2.20.